The average molecular weight is 201 g/mol. The fourth-order valence-corrected chi connectivity index (χ4v) is 3.45. The lowest BCUT2D eigenvalue weighted by molar-refractivity contribution is 0.127. The number of thioether (sulfide) groups is 1. The van der Waals surface area contributed by atoms with Crippen LogP contribution in [-0.2, 0) is 4.74 Å². The highest BCUT2D eigenvalue weighted by Crippen LogP contribution is 2.27. The van der Waals surface area contributed by atoms with Crippen molar-refractivity contribution in [3.8, 4) is 0 Å². The SMILES string of the molecule is CC1OCCC1SCC1CCCN1. The van der Waals surface area contributed by atoms with E-state index in [1.54, 1.807) is 0 Å². The summed E-state index contributed by atoms with van der Waals surface area (Å²) in [4.78, 5) is 0. The summed E-state index contributed by atoms with van der Waals surface area (Å²) in [6.45, 7) is 4.39. The standard InChI is InChI=1S/C10H19NOS/c1-8-10(4-6-12-8)13-7-9-3-2-5-11-9/h8-11H,2-7H2,1H3. The van der Waals surface area contributed by atoms with E-state index in [0.717, 1.165) is 17.9 Å². The highest BCUT2D eigenvalue weighted by atomic mass is 32.2. The second-order valence-corrected chi connectivity index (χ2v) is 5.30. The van der Waals surface area contributed by atoms with E-state index in [0.29, 0.717) is 6.10 Å². The molecular weight excluding hydrogens is 182 g/mol. The molecule has 2 aliphatic heterocycles. The van der Waals surface area contributed by atoms with Gasteiger partial charge in [0.05, 0.1) is 6.10 Å². The number of hydrogen-bond donors (Lipinski definition) is 1. The molecular formula is C10H19NOS. The van der Waals surface area contributed by atoms with Gasteiger partial charge in [0, 0.05) is 23.7 Å². The third kappa shape index (κ3) is 2.61. The van der Waals surface area contributed by atoms with E-state index in [9.17, 15) is 0 Å². The zero-order chi connectivity index (χ0) is 9.10. The van der Waals surface area contributed by atoms with Gasteiger partial charge in [-0.1, -0.05) is 0 Å². The van der Waals surface area contributed by atoms with Gasteiger partial charge in [0.1, 0.15) is 0 Å². The molecule has 0 aromatic rings. The maximum atomic E-state index is 5.54. The minimum atomic E-state index is 0.478. The highest BCUT2D eigenvalue weighted by molar-refractivity contribution is 8.00. The first-order valence-electron chi connectivity index (χ1n) is 5.33. The minimum absolute atomic E-state index is 0.478. The van der Waals surface area contributed by atoms with Gasteiger partial charge in [0.25, 0.3) is 0 Å². The first-order valence-corrected chi connectivity index (χ1v) is 6.38. The number of ether oxygens (including phenoxy) is 1. The van der Waals surface area contributed by atoms with Crippen LogP contribution in [0.3, 0.4) is 0 Å². The second-order valence-electron chi connectivity index (χ2n) is 4.03. The van der Waals surface area contributed by atoms with E-state index in [-0.39, 0.29) is 0 Å². The average Bonchev–Trinajstić information content (AvgIpc) is 2.72. The summed E-state index contributed by atoms with van der Waals surface area (Å²) in [5.74, 6) is 1.28. The van der Waals surface area contributed by atoms with Crippen molar-refractivity contribution in [2.75, 3.05) is 18.9 Å². The lowest BCUT2D eigenvalue weighted by Gasteiger charge is -2.16. The minimum Gasteiger partial charge on any atom is -0.377 e. The molecule has 2 fully saturated rings. The molecule has 0 saturated carbocycles. The molecule has 2 heterocycles. The van der Waals surface area contributed by atoms with Crippen LogP contribution in [-0.4, -0.2) is 36.3 Å². The van der Waals surface area contributed by atoms with Crippen LogP contribution in [0, 0.1) is 0 Å². The fourth-order valence-electron chi connectivity index (χ4n) is 2.07. The second kappa shape index (κ2) is 4.67. The van der Waals surface area contributed by atoms with Crippen molar-refractivity contribution in [3.63, 3.8) is 0 Å². The Kier molecular flexibility index (Phi) is 3.52. The van der Waals surface area contributed by atoms with E-state index in [1.165, 1.54) is 31.6 Å². The molecule has 0 bridgehead atoms. The zero-order valence-electron chi connectivity index (χ0n) is 8.29. The Morgan fingerprint density at radius 1 is 1.46 bits per heavy atom. The maximum absolute atomic E-state index is 5.54. The Hall–Kier alpha value is 0.270. The van der Waals surface area contributed by atoms with Crippen LogP contribution in [0.2, 0.25) is 0 Å². The van der Waals surface area contributed by atoms with Gasteiger partial charge in [-0.2, -0.15) is 11.8 Å². The predicted octanol–water partition coefficient (Wildman–Crippen LogP) is 1.65. The molecule has 3 heteroatoms. The smallest absolute Gasteiger partial charge is 0.0666 e. The molecule has 2 aliphatic rings. The summed E-state index contributed by atoms with van der Waals surface area (Å²) in [5, 5.41) is 4.29. The molecule has 0 spiro atoms. The third-order valence-corrected chi connectivity index (χ3v) is 4.62. The van der Waals surface area contributed by atoms with E-state index in [1.807, 2.05) is 0 Å². The summed E-state index contributed by atoms with van der Waals surface area (Å²) >= 11 is 2.10. The van der Waals surface area contributed by atoms with Crippen LogP contribution in [0.1, 0.15) is 26.2 Å². The molecule has 76 valence electrons. The van der Waals surface area contributed by atoms with Crippen molar-refractivity contribution < 1.29 is 4.74 Å². The summed E-state index contributed by atoms with van der Waals surface area (Å²) < 4.78 is 5.54. The summed E-state index contributed by atoms with van der Waals surface area (Å²) in [6, 6.07) is 0.776. The third-order valence-electron chi connectivity index (χ3n) is 2.98. The molecule has 2 rings (SSSR count). The topological polar surface area (TPSA) is 21.3 Å². The Morgan fingerprint density at radius 3 is 3.00 bits per heavy atom. The molecule has 0 aromatic carbocycles. The van der Waals surface area contributed by atoms with E-state index in [4.69, 9.17) is 4.74 Å². The van der Waals surface area contributed by atoms with Crippen LogP contribution in [0.15, 0.2) is 0 Å². The van der Waals surface area contributed by atoms with E-state index in [2.05, 4.69) is 24.0 Å². The molecule has 2 saturated heterocycles. The number of rotatable bonds is 3. The van der Waals surface area contributed by atoms with Gasteiger partial charge >= 0.3 is 0 Å². The Balaban J connectivity index is 1.66. The van der Waals surface area contributed by atoms with Crippen molar-refractivity contribution in [2.45, 2.75) is 43.6 Å². The lowest BCUT2D eigenvalue weighted by Crippen LogP contribution is -2.26. The molecule has 0 aromatic heterocycles. The lowest BCUT2D eigenvalue weighted by atomic mass is 10.2. The molecule has 2 nitrogen and oxygen atoms in total. The first-order chi connectivity index (χ1) is 6.36. The normalized spacial score (nSPS) is 39.9. The van der Waals surface area contributed by atoms with Crippen LogP contribution in [0.5, 0.6) is 0 Å². The first kappa shape index (κ1) is 9.81. The van der Waals surface area contributed by atoms with Gasteiger partial charge in [-0.3, -0.25) is 0 Å². The van der Waals surface area contributed by atoms with E-state index < -0.39 is 0 Å². The van der Waals surface area contributed by atoms with Gasteiger partial charge in [-0.15, -0.1) is 0 Å². The van der Waals surface area contributed by atoms with Gasteiger partial charge in [0.2, 0.25) is 0 Å². The van der Waals surface area contributed by atoms with Gasteiger partial charge in [-0.25, -0.2) is 0 Å². The predicted molar refractivity (Wildman–Crippen MR) is 57.3 cm³/mol. The molecule has 0 radical (unpaired) electrons. The molecule has 0 amide bonds. The molecule has 3 unspecified atom stereocenters. The van der Waals surface area contributed by atoms with E-state index >= 15 is 0 Å². The van der Waals surface area contributed by atoms with Crippen molar-refractivity contribution in [1.29, 1.82) is 0 Å². The van der Waals surface area contributed by atoms with Crippen molar-refractivity contribution in [1.82, 2.24) is 5.32 Å². The Labute approximate surface area is 84.8 Å². The van der Waals surface area contributed by atoms with Crippen LogP contribution >= 0.6 is 11.8 Å². The zero-order valence-corrected chi connectivity index (χ0v) is 9.11. The Morgan fingerprint density at radius 2 is 2.38 bits per heavy atom. The van der Waals surface area contributed by atoms with Gasteiger partial charge < -0.3 is 10.1 Å². The van der Waals surface area contributed by atoms with Crippen LogP contribution < -0.4 is 5.32 Å². The summed E-state index contributed by atoms with van der Waals surface area (Å²) in [7, 11) is 0. The molecule has 3 atom stereocenters. The number of hydrogen-bond acceptors (Lipinski definition) is 3. The Bertz CT molecular complexity index is 159. The number of nitrogens with one attached hydrogen (secondary N) is 1. The summed E-state index contributed by atoms with van der Waals surface area (Å²) in [6.07, 6.45) is 4.46. The largest absolute Gasteiger partial charge is 0.377 e. The van der Waals surface area contributed by atoms with Crippen molar-refractivity contribution in [2.24, 2.45) is 0 Å². The van der Waals surface area contributed by atoms with Gasteiger partial charge in [-0.05, 0) is 32.7 Å². The molecule has 13 heavy (non-hydrogen) atoms. The fraction of sp³-hybridized carbons (Fsp3) is 1.00. The van der Waals surface area contributed by atoms with Crippen LogP contribution in [0.25, 0.3) is 0 Å². The van der Waals surface area contributed by atoms with Gasteiger partial charge in [0.15, 0.2) is 0 Å². The quantitative estimate of drug-likeness (QED) is 0.750. The molecule has 1 N–H and O–H groups in total. The van der Waals surface area contributed by atoms with Crippen molar-refractivity contribution >= 4 is 11.8 Å². The van der Waals surface area contributed by atoms with Crippen LogP contribution in [0.4, 0.5) is 0 Å². The molecule has 0 aliphatic carbocycles. The highest BCUT2D eigenvalue weighted by Gasteiger charge is 2.25. The monoisotopic (exact) mass is 201 g/mol. The maximum Gasteiger partial charge on any atom is 0.0666 e. The van der Waals surface area contributed by atoms with Crippen molar-refractivity contribution in [3.05, 3.63) is 0 Å². The summed E-state index contributed by atoms with van der Waals surface area (Å²) in [5.41, 5.74) is 0.